The van der Waals surface area contributed by atoms with Gasteiger partial charge >= 0.3 is 0 Å². The molecule has 0 radical (unpaired) electrons. The SMILES string of the molecule is NCC(O)c1ccc(-n2cncn2)cc1. The summed E-state index contributed by atoms with van der Waals surface area (Å²) in [5, 5.41) is 13.5. The average molecular weight is 204 g/mol. The van der Waals surface area contributed by atoms with Gasteiger partial charge in [0, 0.05) is 6.54 Å². The number of aliphatic hydroxyl groups is 1. The zero-order chi connectivity index (χ0) is 10.7. The van der Waals surface area contributed by atoms with E-state index >= 15 is 0 Å². The lowest BCUT2D eigenvalue weighted by Gasteiger charge is -2.08. The van der Waals surface area contributed by atoms with Crippen molar-refractivity contribution in [3.8, 4) is 5.69 Å². The van der Waals surface area contributed by atoms with Crippen molar-refractivity contribution in [3.63, 3.8) is 0 Å². The molecule has 1 aromatic carbocycles. The fourth-order valence-corrected chi connectivity index (χ4v) is 1.33. The minimum atomic E-state index is -0.602. The first-order valence-corrected chi connectivity index (χ1v) is 4.64. The molecule has 5 heteroatoms. The third-order valence-corrected chi connectivity index (χ3v) is 2.18. The number of benzene rings is 1. The van der Waals surface area contributed by atoms with Crippen molar-refractivity contribution in [2.24, 2.45) is 5.73 Å². The van der Waals surface area contributed by atoms with E-state index < -0.39 is 6.10 Å². The first-order valence-electron chi connectivity index (χ1n) is 4.64. The van der Waals surface area contributed by atoms with Crippen molar-refractivity contribution in [2.45, 2.75) is 6.10 Å². The number of nitrogens with two attached hydrogens (primary N) is 1. The minimum Gasteiger partial charge on any atom is -0.387 e. The van der Waals surface area contributed by atoms with Crippen LogP contribution in [0.3, 0.4) is 0 Å². The van der Waals surface area contributed by atoms with Crippen LogP contribution in [0.2, 0.25) is 0 Å². The lowest BCUT2D eigenvalue weighted by Crippen LogP contribution is -2.11. The molecule has 0 aliphatic heterocycles. The topological polar surface area (TPSA) is 77.0 Å². The van der Waals surface area contributed by atoms with E-state index in [0.29, 0.717) is 0 Å². The summed E-state index contributed by atoms with van der Waals surface area (Å²) in [7, 11) is 0. The number of nitrogens with zero attached hydrogens (tertiary/aromatic N) is 3. The molecular formula is C10H12N4O. The molecule has 0 saturated heterocycles. The minimum absolute atomic E-state index is 0.225. The first kappa shape index (κ1) is 9.82. The molecule has 0 fully saturated rings. The van der Waals surface area contributed by atoms with E-state index in [1.807, 2.05) is 24.3 Å². The molecule has 0 spiro atoms. The Bertz CT molecular complexity index is 409. The molecular weight excluding hydrogens is 192 g/mol. The smallest absolute Gasteiger partial charge is 0.138 e. The summed E-state index contributed by atoms with van der Waals surface area (Å²) in [6, 6.07) is 7.38. The van der Waals surface area contributed by atoms with Gasteiger partial charge in [-0.1, -0.05) is 12.1 Å². The second-order valence-corrected chi connectivity index (χ2v) is 3.18. The van der Waals surface area contributed by atoms with Crippen LogP contribution in [0.25, 0.3) is 5.69 Å². The monoisotopic (exact) mass is 204 g/mol. The van der Waals surface area contributed by atoms with Gasteiger partial charge in [-0.15, -0.1) is 0 Å². The summed E-state index contributed by atoms with van der Waals surface area (Å²) in [6.07, 6.45) is 2.49. The highest BCUT2D eigenvalue weighted by Gasteiger charge is 2.04. The maximum Gasteiger partial charge on any atom is 0.138 e. The number of hydrogen-bond acceptors (Lipinski definition) is 4. The Balaban J connectivity index is 2.25. The van der Waals surface area contributed by atoms with Crippen LogP contribution in [0.15, 0.2) is 36.9 Å². The highest BCUT2D eigenvalue weighted by Crippen LogP contribution is 2.14. The molecule has 2 aromatic rings. The molecule has 78 valence electrons. The third-order valence-electron chi connectivity index (χ3n) is 2.18. The second-order valence-electron chi connectivity index (χ2n) is 3.18. The second kappa shape index (κ2) is 4.20. The zero-order valence-corrected chi connectivity index (χ0v) is 8.11. The maximum atomic E-state index is 9.49. The highest BCUT2D eigenvalue weighted by molar-refractivity contribution is 5.34. The van der Waals surface area contributed by atoms with Crippen LogP contribution in [0.4, 0.5) is 0 Å². The van der Waals surface area contributed by atoms with Crippen molar-refractivity contribution in [1.29, 1.82) is 0 Å². The predicted octanol–water partition coefficient (Wildman–Crippen LogP) is 0.259. The van der Waals surface area contributed by atoms with Crippen LogP contribution in [-0.2, 0) is 0 Å². The third kappa shape index (κ3) is 2.03. The summed E-state index contributed by atoms with van der Waals surface area (Å²) in [6.45, 7) is 0.225. The van der Waals surface area contributed by atoms with E-state index in [4.69, 9.17) is 5.73 Å². The Hall–Kier alpha value is -1.72. The fraction of sp³-hybridized carbons (Fsp3) is 0.200. The summed E-state index contributed by atoms with van der Waals surface area (Å²) in [4.78, 5) is 3.85. The molecule has 1 unspecified atom stereocenters. The Kier molecular flexibility index (Phi) is 2.75. The zero-order valence-electron chi connectivity index (χ0n) is 8.11. The lowest BCUT2D eigenvalue weighted by molar-refractivity contribution is 0.187. The van der Waals surface area contributed by atoms with Crippen LogP contribution in [0.5, 0.6) is 0 Å². The maximum absolute atomic E-state index is 9.49. The number of aliphatic hydroxyl groups excluding tert-OH is 1. The Morgan fingerprint density at radius 2 is 2.07 bits per heavy atom. The van der Waals surface area contributed by atoms with Gasteiger partial charge in [0.2, 0.25) is 0 Å². The number of rotatable bonds is 3. The summed E-state index contributed by atoms with van der Waals surface area (Å²) in [5.74, 6) is 0. The molecule has 1 heterocycles. The summed E-state index contributed by atoms with van der Waals surface area (Å²) in [5.41, 5.74) is 7.07. The van der Waals surface area contributed by atoms with Gasteiger partial charge in [-0.25, -0.2) is 9.67 Å². The lowest BCUT2D eigenvalue weighted by atomic mass is 10.1. The summed E-state index contributed by atoms with van der Waals surface area (Å²) >= 11 is 0. The van der Waals surface area contributed by atoms with E-state index in [-0.39, 0.29) is 6.54 Å². The molecule has 0 aliphatic rings. The van der Waals surface area contributed by atoms with Crippen LogP contribution >= 0.6 is 0 Å². The number of hydrogen-bond donors (Lipinski definition) is 2. The number of aromatic nitrogens is 3. The molecule has 1 atom stereocenters. The fourth-order valence-electron chi connectivity index (χ4n) is 1.33. The Labute approximate surface area is 87.2 Å². The molecule has 15 heavy (non-hydrogen) atoms. The van der Waals surface area contributed by atoms with Crippen LogP contribution < -0.4 is 5.73 Å². The van der Waals surface area contributed by atoms with Crippen LogP contribution in [-0.4, -0.2) is 26.4 Å². The first-order chi connectivity index (χ1) is 7.31. The highest BCUT2D eigenvalue weighted by atomic mass is 16.3. The van der Waals surface area contributed by atoms with Gasteiger partial charge in [0.1, 0.15) is 12.7 Å². The molecule has 1 aromatic heterocycles. The molecule has 3 N–H and O–H groups in total. The standard InChI is InChI=1S/C10H12N4O/c11-5-10(15)8-1-3-9(4-2-8)14-7-12-6-13-14/h1-4,6-7,10,15H,5,11H2. The van der Waals surface area contributed by atoms with E-state index in [2.05, 4.69) is 10.1 Å². The normalized spacial score (nSPS) is 12.7. The van der Waals surface area contributed by atoms with Gasteiger partial charge in [-0.05, 0) is 17.7 Å². The van der Waals surface area contributed by atoms with Crippen molar-refractivity contribution >= 4 is 0 Å². The van der Waals surface area contributed by atoms with E-state index in [1.165, 1.54) is 6.33 Å². The quantitative estimate of drug-likeness (QED) is 0.751. The average Bonchev–Trinajstić information content (AvgIpc) is 2.82. The van der Waals surface area contributed by atoms with Crippen molar-refractivity contribution in [2.75, 3.05) is 6.54 Å². The summed E-state index contributed by atoms with van der Waals surface area (Å²) < 4.78 is 1.65. The largest absolute Gasteiger partial charge is 0.387 e. The Morgan fingerprint density at radius 3 is 2.60 bits per heavy atom. The predicted molar refractivity (Wildman–Crippen MR) is 55.4 cm³/mol. The van der Waals surface area contributed by atoms with Crippen LogP contribution in [0.1, 0.15) is 11.7 Å². The molecule has 0 amide bonds. The molecule has 0 bridgehead atoms. The van der Waals surface area contributed by atoms with Crippen LogP contribution in [0, 0.1) is 0 Å². The van der Waals surface area contributed by atoms with E-state index in [1.54, 1.807) is 11.0 Å². The van der Waals surface area contributed by atoms with Gasteiger partial charge in [0.15, 0.2) is 0 Å². The molecule has 2 rings (SSSR count). The van der Waals surface area contributed by atoms with Crippen molar-refractivity contribution < 1.29 is 5.11 Å². The van der Waals surface area contributed by atoms with E-state index in [0.717, 1.165) is 11.3 Å². The van der Waals surface area contributed by atoms with E-state index in [9.17, 15) is 5.11 Å². The van der Waals surface area contributed by atoms with Crippen molar-refractivity contribution in [3.05, 3.63) is 42.5 Å². The molecule has 0 aliphatic carbocycles. The molecule has 5 nitrogen and oxygen atoms in total. The van der Waals surface area contributed by atoms with Gasteiger partial charge < -0.3 is 10.8 Å². The van der Waals surface area contributed by atoms with Gasteiger partial charge in [-0.2, -0.15) is 5.10 Å². The molecule has 0 saturated carbocycles. The van der Waals surface area contributed by atoms with Crippen molar-refractivity contribution in [1.82, 2.24) is 14.8 Å². The Morgan fingerprint density at radius 1 is 1.33 bits per heavy atom. The van der Waals surface area contributed by atoms with Gasteiger partial charge in [-0.3, -0.25) is 0 Å². The van der Waals surface area contributed by atoms with Gasteiger partial charge in [0.05, 0.1) is 11.8 Å². The van der Waals surface area contributed by atoms with Gasteiger partial charge in [0.25, 0.3) is 0 Å².